The maximum atomic E-state index is 5.54. The van der Waals surface area contributed by atoms with E-state index in [-0.39, 0.29) is 6.10 Å². The van der Waals surface area contributed by atoms with Gasteiger partial charge in [-0.05, 0) is 37.9 Å². The molecule has 1 unspecified atom stereocenters. The summed E-state index contributed by atoms with van der Waals surface area (Å²) in [7, 11) is 1.74. The first-order chi connectivity index (χ1) is 6.69. The van der Waals surface area contributed by atoms with Gasteiger partial charge in [0.05, 0.1) is 6.10 Å². The molecule has 0 heterocycles. The Morgan fingerprint density at radius 1 is 1.36 bits per heavy atom. The van der Waals surface area contributed by atoms with Crippen LogP contribution in [0.1, 0.15) is 29.2 Å². The molecule has 0 saturated heterocycles. The summed E-state index contributed by atoms with van der Waals surface area (Å²) in [5.74, 6) is 0. The molecule has 0 bridgehead atoms. The van der Waals surface area contributed by atoms with Gasteiger partial charge in [-0.3, -0.25) is 0 Å². The van der Waals surface area contributed by atoms with Crippen LogP contribution in [-0.4, -0.2) is 13.7 Å². The Hall–Kier alpha value is -0.860. The fourth-order valence-electron chi connectivity index (χ4n) is 1.74. The van der Waals surface area contributed by atoms with Gasteiger partial charge in [0, 0.05) is 7.11 Å². The van der Waals surface area contributed by atoms with Gasteiger partial charge < -0.3 is 10.5 Å². The monoisotopic (exact) mass is 193 g/mol. The molecular weight excluding hydrogens is 174 g/mol. The summed E-state index contributed by atoms with van der Waals surface area (Å²) in [5.41, 5.74) is 9.36. The second-order valence-corrected chi connectivity index (χ2v) is 3.66. The van der Waals surface area contributed by atoms with Crippen molar-refractivity contribution in [2.24, 2.45) is 5.73 Å². The molecule has 0 aromatic heterocycles. The summed E-state index contributed by atoms with van der Waals surface area (Å²) < 4.78 is 5.42. The lowest BCUT2D eigenvalue weighted by Crippen LogP contribution is -2.10. The molecule has 0 aliphatic rings. The standard InChI is InChI=1S/C12H19NO/c1-9-4-5-11(10(2)8-9)12(14-3)6-7-13/h4-5,8,12H,6-7,13H2,1-3H3. The molecule has 1 atom stereocenters. The zero-order valence-electron chi connectivity index (χ0n) is 9.21. The van der Waals surface area contributed by atoms with E-state index in [1.54, 1.807) is 7.11 Å². The lowest BCUT2D eigenvalue weighted by molar-refractivity contribution is 0.0972. The number of benzene rings is 1. The predicted octanol–water partition coefficient (Wildman–Crippen LogP) is 2.34. The second-order valence-electron chi connectivity index (χ2n) is 3.66. The van der Waals surface area contributed by atoms with Gasteiger partial charge in [-0.15, -0.1) is 0 Å². The van der Waals surface area contributed by atoms with Gasteiger partial charge in [0.25, 0.3) is 0 Å². The van der Waals surface area contributed by atoms with Crippen LogP contribution in [0.15, 0.2) is 18.2 Å². The summed E-state index contributed by atoms with van der Waals surface area (Å²) in [6, 6.07) is 6.43. The van der Waals surface area contributed by atoms with Gasteiger partial charge >= 0.3 is 0 Å². The van der Waals surface area contributed by atoms with E-state index in [0.717, 1.165) is 6.42 Å². The molecule has 1 aromatic carbocycles. The van der Waals surface area contributed by atoms with Crippen LogP contribution >= 0.6 is 0 Å². The molecule has 14 heavy (non-hydrogen) atoms. The van der Waals surface area contributed by atoms with Crippen LogP contribution in [0.5, 0.6) is 0 Å². The van der Waals surface area contributed by atoms with E-state index in [1.807, 2.05) is 0 Å². The van der Waals surface area contributed by atoms with Crippen molar-refractivity contribution in [2.75, 3.05) is 13.7 Å². The van der Waals surface area contributed by atoms with Gasteiger partial charge in [0.2, 0.25) is 0 Å². The van der Waals surface area contributed by atoms with Crippen molar-refractivity contribution in [3.05, 3.63) is 34.9 Å². The summed E-state index contributed by atoms with van der Waals surface area (Å²) in [6.45, 7) is 4.87. The van der Waals surface area contributed by atoms with E-state index < -0.39 is 0 Å². The first-order valence-corrected chi connectivity index (χ1v) is 4.99. The topological polar surface area (TPSA) is 35.2 Å². The van der Waals surface area contributed by atoms with E-state index in [1.165, 1.54) is 16.7 Å². The SMILES string of the molecule is COC(CCN)c1ccc(C)cc1C. The van der Waals surface area contributed by atoms with Crippen molar-refractivity contribution in [3.8, 4) is 0 Å². The Morgan fingerprint density at radius 2 is 2.07 bits per heavy atom. The maximum absolute atomic E-state index is 5.54. The van der Waals surface area contributed by atoms with Crippen LogP contribution in [0, 0.1) is 13.8 Å². The number of methoxy groups -OCH3 is 1. The molecule has 2 nitrogen and oxygen atoms in total. The second kappa shape index (κ2) is 5.13. The minimum Gasteiger partial charge on any atom is -0.377 e. The lowest BCUT2D eigenvalue weighted by Gasteiger charge is -2.17. The summed E-state index contributed by atoms with van der Waals surface area (Å²) in [6.07, 6.45) is 1.01. The van der Waals surface area contributed by atoms with Crippen molar-refractivity contribution < 1.29 is 4.74 Å². The minimum absolute atomic E-state index is 0.139. The number of hydrogen-bond donors (Lipinski definition) is 1. The van der Waals surface area contributed by atoms with Crippen LogP contribution in [0.3, 0.4) is 0 Å². The Balaban J connectivity index is 2.92. The van der Waals surface area contributed by atoms with Crippen LogP contribution in [-0.2, 0) is 4.74 Å². The molecule has 0 amide bonds. The smallest absolute Gasteiger partial charge is 0.0835 e. The molecule has 1 rings (SSSR count). The third kappa shape index (κ3) is 2.56. The highest BCUT2D eigenvalue weighted by Gasteiger charge is 2.11. The maximum Gasteiger partial charge on any atom is 0.0835 e. The molecule has 0 saturated carbocycles. The third-order valence-corrected chi connectivity index (χ3v) is 2.49. The molecule has 78 valence electrons. The molecule has 0 aliphatic heterocycles. The van der Waals surface area contributed by atoms with Gasteiger partial charge in [0.1, 0.15) is 0 Å². The van der Waals surface area contributed by atoms with Crippen molar-refractivity contribution in [1.29, 1.82) is 0 Å². The number of nitrogens with two attached hydrogens (primary N) is 1. The van der Waals surface area contributed by atoms with Gasteiger partial charge in [-0.1, -0.05) is 23.8 Å². The van der Waals surface area contributed by atoms with Gasteiger partial charge in [0.15, 0.2) is 0 Å². The molecule has 1 aromatic rings. The molecule has 0 radical (unpaired) electrons. The number of hydrogen-bond acceptors (Lipinski definition) is 2. The molecule has 0 spiro atoms. The highest BCUT2D eigenvalue weighted by atomic mass is 16.5. The zero-order valence-corrected chi connectivity index (χ0v) is 9.21. The fourth-order valence-corrected chi connectivity index (χ4v) is 1.74. The Bertz CT molecular complexity index is 296. The first kappa shape index (κ1) is 11.2. The minimum atomic E-state index is 0.139. The highest BCUT2D eigenvalue weighted by Crippen LogP contribution is 2.23. The largest absolute Gasteiger partial charge is 0.377 e. The average Bonchev–Trinajstić information content (AvgIpc) is 2.15. The van der Waals surface area contributed by atoms with E-state index >= 15 is 0 Å². The average molecular weight is 193 g/mol. The molecule has 0 fully saturated rings. The normalized spacial score (nSPS) is 12.9. The molecular formula is C12H19NO. The highest BCUT2D eigenvalue weighted by molar-refractivity contribution is 5.32. The molecule has 2 heteroatoms. The fraction of sp³-hybridized carbons (Fsp3) is 0.500. The Morgan fingerprint density at radius 3 is 2.57 bits per heavy atom. The van der Waals surface area contributed by atoms with Crippen molar-refractivity contribution >= 4 is 0 Å². The van der Waals surface area contributed by atoms with E-state index in [2.05, 4.69) is 32.0 Å². The van der Waals surface area contributed by atoms with Crippen LogP contribution < -0.4 is 5.73 Å². The van der Waals surface area contributed by atoms with Crippen molar-refractivity contribution in [1.82, 2.24) is 0 Å². The van der Waals surface area contributed by atoms with E-state index in [0.29, 0.717) is 6.54 Å². The summed E-state index contributed by atoms with van der Waals surface area (Å²) in [5, 5.41) is 0. The first-order valence-electron chi connectivity index (χ1n) is 4.99. The Kier molecular flexibility index (Phi) is 4.11. The Labute approximate surface area is 86.1 Å². The predicted molar refractivity (Wildman–Crippen MR) is 59.3 cm³/mol. The summed E-state index contributed by atoms with van der Waals surface area (Å²) >= 11 is 0. The lowest BCUT2D eigenvalue weighted by atomic mass is 9.99. The van der Waals surface area contributed by atoms with E-state index in [9.17, 15) is 0 Å². The third-order valence-electron chi connectivity index (χ3n) is 2.49. The van der Waals surface area contributed by atoms with Crippen LogP contribution in [0.25, 0.3) is 0 Å². The molecule has 2 N–H and O–H groups in total. The van der Waals surface area contributed by atoms with Crippen molar-refractivity contribution in [2.45, 2.75) is 26.4 Å². The number of rotatable bonds is 4. The zero-order chi connectivity index (χ0) is 10.6. The van der Waals surface area contributed by atoms with Crippen LogP contribution in [0.2, 0.25) is 0 Å². The summed E-state index contributed by atoms with van der Waals surface area (Å²) in [4.78, 5) is 0. The van der Waals surface area contributed by atoms with E-state index in [4.69, 9.17) is 10.5 Å². The van der Waals surface area contributed by atoms with Gasteiger partial charge in [-0.25, -0.2) is 0 Å². The quantitative estimate of drug-likeness (QED) is 0.796. The number of ether oxygens (including phenoxy) is 1. The van der Waals surface area contributed by atoms with Crippen molar-refractivity contribution in [3.63, 3.8) is 0 Å². The van der Waals surface area contributed by atoms with Gasteiger partial charge in [-0.2, -0.15) is 0 Å². The van der Waals surface area contributed by atoms with Crippen LogP contribution in [0.4, 0.5) is 0 Å². The number of aryl methyl sites for hydroxylation is 2. The molecule has 0 aliphatic carbocycles.